The second-order valence-corrected chi connectivity index (χ2v) is 8.38. The first kappa shape index (κ1) is 23.8. The van der Waals surface area contributed by atoms with Gasteiger partial charge >= 0.3 is 5.97 Å². The first-order valence-corrected chi connectivity index (χ1v) is 11.8. The maximum Gasteiger partial charge on any atom is 0.344 e. The molecule has 1 aliphatic rings. The van der Waals surface area contributed by atoms with Crippen molar-refractivity contribution in [2.75, 3.05) is 13.7 Å². The number of esters is 1. The Hall–Kier alpha value is -4.96. The summed E-state index contributed by atoms with van der Waals surface area (Å²) in [5.74, 6) is 0.856. The topological polar surface area (TPSA) is 104 Å². The Labute approximate surface area is 214 Å². The average Bonchev–Trinajstić information content (AvgIpc) is 2.92. The van der Waals surface area contributed by atoms with Crippen LogP contribution in [0.25, 0.3) is 10.8 Å². The number of hydrogen-bond donors (Lipinski definition) is 1. The molecule has 0 fully saturated rings. The van der Waals surface area contributed by atoms with Gasteiger partial charge < -0.3 is 24.7 Å². The fourth-order valence-electron chi connectivity index (χ4n) is 4.55. The maximum atomic E-state index is 13.0. The lowest BCUT2D eigenvalue weighted by atomic mass is 9.83. The number of ether oxygens (including phenoxy) is 4. The summed E-state index contributed by atoms with van der Waals surface area (Å²) in [6.07, 6.45) is 0. The van der Waals surface area contributed by atoms with Gasteiger partial charge in [0.1, 0.15) is 23.1 Å². The van der Waals surface area contributed by atoms with Crippen molar-refractivity contribution in [3.8, 4) is 29.1 Å². The predicted octanol–water partition coefficient (Wildman–Crippen LogP) is 5.68. The highest BCUT2D eigenvalue weighted by molar-refractivity contribution is 6.05. The average molecular weight is 493 g/mol. The zero-order valence-electron chi connectivity index (χ0n) is 20.4. The summed E-state index contributed by atoms with van der Waals surface area (Å²) in [5, 5.41) is 11.6. The van der Waals surface area contributed by atoms with Crippen molar-refractivity contribution >= 4 is 16.7 Å². The van der Waals surface area contributed by atoms with E-state index in [1.165, 1.54) is 0 Å². The molecule has 0 radical (unpaired) electrons. The van der Waals surface area contributed by atoms with E-state index in [0.717, 1.165) is 16.3 Å². The molecule has 7 heteroatoms. The lowest BCUT2D eigenvalue weighted by molar-refractivity contribution is 0.0736. The van der Waals surface area contributed by atoms with Gasteiger partial charge in [-0.15, -0.1) is 0 Å². The van der Waals surface area contributed by atoms with Gasteiger partial charge in [0.15, 0.2) is 11.5 Å². The Morgan fingerprint density at radius 1 is 1.03 bits per heavy atom. The zero-order valence-corrected chi connectivity index (χ0v) is 20.4. The minimum Gasteiger partial charge on any atom is -0.493 e. The van der Waals surface area contributed by atoms with Crippen LogP contribution >= 0.6 is 0 Å². The van der Waals surface area contributed by atoms with Crippen molar-refractivity contribution in [2.24, 2.45) is 5.73 Å². The number of rotatable bonds is 6. The third-order valence-corrected chi connectivity index (χ3v) is 6.23. The number of nitriles is 1. The molecule has 1 unspecified atom stereocenters. The highest BCUT2D eigenvalue weighted by atomic mass is 16.5. The summed E-state index contributed by atoms with van der Waals surface area (Å²) in [5.41, 5.74) is 8.39. The fraction of sp³-hybridized carbons (Fsp3) is 0.133. The molecule has 1 heterocycles. The molecule has 0 spiro atoms. The second-order valence-electron chi connectivity index (χ2n) is 8.38. The highest BCUT2D eigenvalue weighted by Crippen LogP contribution is 2.45. The number of carbonyl (C=O) groups is 1. The summed E-state index contributed by atoms with van der Waals surface area (Å²) >= 11 is 0. The zero-order chi connectivity index (χ0) is 25.9. The molecule has 0 amide bonds. The fourth-order valence-corrected chi connectivity index (χ4v) is 4.55. The van der Waals surface area contributed by atoms with E-state index in [0.29, 0.717) is 40.7 Å². The van der Waals surface area contributed by atoms with Crippen LogP contribution in [0.4, 0.5) is 0 Å². The van der Waals surface area contributed by atoms with E-state index in [1.807, 2.05) is 55.5 Å². The Bertz CT molecular complexity index is 1580. The molecule has 4 aromatic rings. The number of fused-ring (bicyclic) bond motifs is 2. The van der Waals surface area contributed by atoms with Gasteiger partial charge in [0.2, 0.25) is 5.88 Å². The summed E-state index contributed by atoms with van der Waals surface area (Å²) in [6, 6.07) is 25.9. The normalized spacial score (nSPS) is 14.4. The van der Waals surface area contributed by atoms with Crippen molar-refractivity contribution in [3.05, 3.63) is 107 Å². The predicted molar refractivity (Wildman–Crippen MR) is 139 cm³/mol. The van der Waals surface area contributed by atoms with Gasteiger partial charge in [-0.05, 0) is 47.5 Å². The molecule has 5 rings (SSSR count). The smallest absolute Gasteiger partial charge is 0.344 e. The standard InChI is InChI=1S/C30H24N2O5/c1-3-35-25-14-11-19(15-27(25)34-2)28-23-13-12-20(16-26(23)37-29(32)24(28)17-31)36-30(33)22-10-6-8-18-7-4-5-9-21(18)22/h4-16,28H,3,32H2,1-2H3. The quantitative estimate of drug-likeness (QED) is 0.273. The largest absolute Gasteiger partial charge is 0.493 e. The summed E-state index contributed by atoms with van der Waals surface area (Å²) in [6.45, 7) is 2.39. The second kappa shape index (κ2) is 9.96. The van der Waals surface area contributed by atoms with Crippen LogP contribution in [0.1, 0.15) is 34.3 Å². The molecular weight excluding hydrogens is 468 g/mol. The van der Waals surface area contributed by atoms with E-state index in [-0.39, 0.29) is 11.5 Å². The lowest BCUT2D eigenvalue weighted by Gasteiger charge is -2.27. The molecule has 0 aromatic heterocycles. The van der Waals surface area contributed by atoms with E-state index in [2.05, 4.69) is 6.07 Å². The molecule has 0 saturated carbocycles. The van der Waals surface area contributed by atoms with Crippen LogP contribution in [-0.4, -0.2) is 19.7 Å². The monoisotopic (exact) mass is 492 g/mol. The molecule has 7 nitrogen and oxygen atoms in total. The number of methoxy groups -OCH3 is 1. The van der Waals surface area contributed by atoms with Gasteiger partial charge in [-0.1, -0.05) is 48.5 Å². The number of allylic oxidation sites excluding steroid dienone is 1. The van der Waals surface area contributed by atoms with Crippen LogP contribution in [0.2, 0.25) is 0 Å². The van der Waals surface area contributed by atoms with Crippen LogP contribution in [0.5, 0.6) is 23.0 Å². The molecule has 0 aliphatic carbocycles. The molecule has 37 heavy (non-hydrogen) atoms. The summed E-state index contributed by atoms with van der Waals surface area (Å²) in [4.78, 5) is 13.0. The minimum atomic E-state index is -0.499. The molecule has 1 aliphatic heterocycles. The van der Waals surface area contributed by atoms with E-state index >= 15 is 0 Å². The van der Waals surface area contributed by atoms with Gasteiger partial charge in [0.25, 0.3) is 0 Å². The van der Waals surface area contributed by atoms with Crippen molar-refractivity contribution in [3.63, 3.8) is 0 Å². The number of nitrogens with zero attached hydrogens (tertiary/aromatic N) is 1. The van der Waals surface area contributed by atoms with Gasteiger partial charge in [-0.3, -0.25) is 0 Å². The number of carbonyl (C=O) groups excluding carboxylic acids is 1. The van der Waals surface area contributed by atoms with Crippen LogP contribution in [-0.2, 0) is 0 Å². The van der Waals surface area contributed by atoms with E-state index in [1.54, 1.807) is 37.4 Å². The Morgan fingerprint density at radius 3 is 2.62 bits per heavy atom. The Balaban J connectivity index is 1.50. The van der Waals surface area contributed by atoms with Gasteiger partial charge in [0, 0.05) is 11.6 Å². The molecular formula is C30H24N2O5. The molecule has 0 saturated heterocycles. The first-order valence-electron chi connectivity index (χ1n) is 11.8. The van der Waals surface area contributed by atoms with Crippen molar-refractivity contribution in [1.82, 2.24) is 0 Å². The number of hydrogen-bond acceptors (Lipinski definition) is 7. The molecule has 1 atom stereocenters. The third kappa shape index (κ3) is 4.41. The maximum absolute atomic E-state index is 13.0. The van der Waals surface area contributed by atoms with Gasteiger partial charge in [-0.2, -0.15) is 5.26 Å². The van der Waals surface area contributed by atoms with Crippen molar-refractivity contribution in [1.29, 1.82) is 5.26 Å². The third-order valence-electron chi connectivity index (χ3n) is 6.23. The first-order chi connectivity index (χ1) is 18.0. The number of nitrogens with two attached hydrogens (primary N) is 1. The molecule has 2 N–H and O–H groups in total. The summed E-state index contributed by atoms with van der Waals surface area (Å²) in [7, 11) is 1.56. The lowest BCUT2D eigenvalue weighted by Crippen LogP contribution is -2.21. The Kier molecular flexibility index (Phi) is 6.40. The molecule has 4 aromatic carbocycles. The molecule has 0 bridgehead atoms. The Morgan fingerprint density at radius 2 is 1.84 bits per heavy atom. The van der Waals surface area contributed by atoms with E-state index in [4.69, 9.17) is 24.7 Å². The van der Waals surface area contributed by atoms with E-state index < -0.39 is 11.9 Å². The SMILES string of the molecule is CCOc1ccc(C2C(C#N)=C(N)Oc3cc(OC(=O)c4cccc5ccccc45)ccc32)cc1OC. The van der Waals surface area contributed by atoms with Crippen LogP contribution < -0.4 is 24.7 Å². The van der Waals surface area contributed by atoms with Crippen molar-refractivity contribution in [2.45, 2.75) is 12.8 Å². The van der Waals surface area contributed by atoms with Crippen LogP contribution in [0.15, 0.2) is 90.3 Å². The highest BCUT2D eigenvalue weighted by Gasteiger charge is 2.32. The van der Waals surface area contributed by atoms with Crippen LogP contribution in [0.3, 0.4) is 0 Å². The molecule has 184 valence electrons. The summed E-state index contributed by atoms with van der Waals surface area (Å²) < 4.78 is 22.6. The van der Waals surface area contributed by atoms with Gasteiger partial charge in [0.05, 0.1) is 25.2 Å². The van der Waals surface area contributed by atoms with E-state index in [9.17, 15) is 10.1 Å². The minimum absolute atomic E-state index is 0.00891. The van der Waals surface area contributed by atoms with Gasteiger partial charge in [-0.25, -0.2) is 4.79 Å². The number of benzene rings is 4. The van der Waals surface area contributed by atoms with Crippen LogP contribution in [0, 0.1) is 11.3 Å². The van der Waals surface area contributed by atoms with Crippen molar-refractivity contribution < 1.29 is 23.7 Å².